The molecule has 0 amide bonds. The molecular weight excluding hydrogens is 293 g/mol. The van der Waals surface area contributed by atoms with E-state index in [9.17, 15) is 4.39 Å². The highest BCUT2D eigenvalue weighted by molar-refractivity contribution is 6.31. The van der Waals surface area contributed by atoms with Gasteiger partial charge in [0.15, 0.2) is 11.6 Å². The topological polar surface area (TPSA) is 53.1 Å². The van der Waals surface area contributed by atoms with Crippen LogP contribution in [0.25, 0.3) is 0 Å². The predicted octanol–water partition coefficient (Wildman–Crippen LogP) is 3.26. The zero-order valence-electron chi connectivity index (χ0n) is 12.4. The normalized spacial score (nSPS) is 12.5. The Morgan fingerprint density at radius 1 is 1.48 bits per heavy atom. The van der Waals surface area contributed by atoms with Crippen molar-refractivity contribution in [3.8, 4) is 5.75 Å². The van der Waals surface area contributed by atoms with Crippen molar-refractivity contribution in [3.05, 3.63) is 46.0 Å². The molecule has 114 valence electrons. The molecule has 1 unspecified atom stereocenters. The fourth-order valence-electron chi connectivity index (χ4n) is 2.30. The summed E-state index contributed by atoms with van der Waals surface area (Å²) in [4.78, 5) is 0. The molecule has 2 aromatic rings. The number of nitrogens with two attached hydrogens (primary N) is 1. The Morgan fingerprint density at radius 3 is 2.81 bits per heavy atom. The van der Waals surface area contributed by atoms with Gasteiger partial charge in [-0.05, 0) is 31.5 Å². The van der Waals surface area contributed by atoms with Crippen LogP contribution in [0.3, 0.4) is 0 Å². The molecule has 0 saturated heterocycles. The smallest absolute Gasteiger partial charge is 0.165 e. The molecule has 21 heavy (non-hydrogen) atoms. The molecule has 1 aromatic carbocycles. The van der Waals surface area contributed by atoms with Gasteiger partial charge in [-0.15, -0.1) is 0 Å². The van der Waals surface area contributed by atoms with Crippen molar-refractivity contribution >= 4 is 11.6 Å². The summed E-state index contributed by atoms with van der Waals surface area (Å²) in [5.74, 6) is -0.213. The second kappa shape index (κ2) is 6.45. The van der Waals surface area contributed by atoms with Gasteiger partial charge >= 0.3 is 0 Å². The quantitative estimate of drug-likeness (QED) is 0.922. The SMILES string of the molecule is CCn1nc(C)c(Cl)c1CC(N)c1ccc(F)c(OC)c1. The molecule has 6 heteroatoms. The van der Waals surface area contributed by atoms with E-state index in [2.05, 4.69) is 5.10 Å². The second-order valence-corrected chi connectivity index (χ2v) is 5.24. The number of methoxy groups -OCH3 is 1. The average molecular weight is 312 g/mol. The molecule has 1 heterocycles. The van der Waals surface area contributed by atoms with E-state index >= 15 is 0 Å². The molecule has 0 fully saturated rings. The summed E-state index contributed by atoms with van der Waals surface area (Å²) < 4.78 is 20.3. The van der Waals surface area contributed by atoms with Gasteiger partial charge in [0, 0.05) is 19.0 Å². The lowest BCUT2D eigenvalue weighted by molar-refractivity contribution is 0.385. The summed E-state index contributed by atoms with van der Waals surface area (Å²) in [6.45, 7) is 4.59. The Balaban J connectivity index is 2.28. The maximum atomic E-state index is 13.4. The van der Waals surface area contributed by atoms with E-state index in [1.54, 1.807) is 12.1 Å². The molecule has 0 spiro atoms. The third kappa shape index (κ3) is 3.19. The van der Waals surface area contributed by atoms with Crippen molar-refractivity contribution in [2.24, 2.45) is 5.73 Å². The third-order valence-electron chi connectivity index (χ3n) is 3.47. The van der Waals surface area contributed by atoms with E-state index in [-0.39, 0.29) is 11.8 Å². The van der Waals surface area contributed by atoms with Gasteiger partial charge in [0.25, 0.3) is 0 Å². The molecular formula is C15H19ClFN3O. The Hall–Kier alpha value is -1.59. The molecule has 0 aliphatic heterocycles. The monoisotopic (exact) mass is 311 g/mol. The zero-order chi connectivity index (χ0) is 15.6. The lowest BCUT2D eigenvalue weighted by Crippen LogP contribution is -2.16. The predicted molar refractivity (Wildman–Crippen MR) is 81.2 cm³/mol. The van der Waals surface area contributed by atoms with E-state index in [4.69, 9.17) is 22.1 Å². The van der Waals surface area contributed by atoms with Crippen molar-refractivity contribution in [1.29, 1.82) is 0 Å². The maximum Gasteiger partial charge on any atom is 0.165 e. The number of halogens is 2. The third-order valence-corrected chi connectivity index (χ3v) is 3.96. The Labute approximate surface area is 128 Å². The van der Waals surface area contributed by atoms with Crippen LogP contribution in [0, 0.1) is 12.7 Å². The van der Waals surface area contributed by atoms with Crippen LogP contribution in [0.1, 0.15) is 29.9 Å². The molecule has 2 rings (SSSR count). The van der Waals surface area contributed by atoms with Gasteiger partial charge in [-0.3, -0.25) is 4.68 Å². The molecule has 0 saturated carbocycles. The summed E-state index contributed by atoms with van der Waals surface area (Å²) in [5.41, 5.74) is 8.71. The van der Waals surface area contributed by atoms with Crippen molar-refractivity contribution in [1.82, 2.24) is 9.78 Å². The van der Waals surface area contributed by atoms with Crippen LogP contribution in [0.4, 0.5) is 4.39 Å². The van der Waals surface area contributed by atoms with E-state index in [0.717, 1.165) is 23.5 Å². The average Bonchev–Trinajstić information content (AvgIpc) is 2.75. The molecule has 0 aliphatic rings. The van der Waals surface area contributed by atoms with E-state index < -0.39 is 5.82 Å². The van der Waals surface area contributed by atoms with Gasteiger partial charge in [0.2, 0.25) is 0 Å². The standard InChI is InChI=1S/C15H19ClFN3O/c1-4-20-13(15(16)9(2)19-20)8-12(18)10-5-6-11(17)14(7-10)21-3/h5-7,12H,4,8,18H2,1-3H3. The first kappa shape index (κ1) is 15.8. The fraction of sp³-hybridized carbons (Fsp3) is 0.400. The number of aryl methyl sites for hydroxylation is 2. The van der Waals surface area contributed by atoms with Gasteiger partial charge < -0.3 is 10.5 Å². The Morgan fingerprint density at radius 2 is 2.19 bits per heavy atom. The van der Waals surface area contributed by atoms with Crippen LogP contribution < -0.4 is 10.5 Å². The van der Waals surface area contributed by atoms with Crippen molar-refractivity contribution in [2.75, 3.05) is 7.11 Å². The highest BCUT2D eigenvalue weighted by Gasteiger charge is 2.17. The zero-order valence-corrected chi connectivity index (χ0v) is 13.1. The minimum absolute atomic E-state index is 0.189. The fourth-order valence-corrected chi connectivity index (χ4v) is 2.51. The summed E-state index contributed by atoms with van der Waals surface area (Å²) in [6, 6.07) is 4.33. The van der Waals surface area contributed by atoms with Crippen LogP contribution in [0.2, 0.25) is 5.02 Å². The lowest BCUT2D eigenvalue weighted by Gasteiger charge is -2.14. The summed E-state index contributed by atoms with van der Waals surface area (Å²) >= 11 is 6.28. The molecule has 4 nitrogen and oxygen atoms in total. The lowest BCUT2D eigenvalue weighted by atomic mass is 10.0. The van der Waals surface area contributed by atoms with Gasteiger partial charge in [-0.1, -0.05) is 17.7 Å². The maximum absolute atomic E-state index is 13.4. The van der Waals surface area contributed by atoms with E-state index in [0.29, 0.717) is 11.4 Å². The first-order valence-electron chi connectivity index (χ1n) is 6.78. The molecule has 1 atom stereocenters. The van der Waals surface area contributed by atoms with Crippen LogP contribution >= 0.6 is 11.6 Å². The van der Waals surface area contributed by atoms with E-state index in [1.807, 2.05) is 18.5 Å². The number of nitrogens with zero attached hydrogens (tertiary/aromatic N) is 2. The van der Waals surface area contributed by atoms with Crippen molar-refractivity contribution in [2.45, 2.75) is 32.9 Å². The summed E-state index contributed by atoms with van der Waals surface area (Å²) in [7, 11) is 1.43. The van der Waals surface area contributed by atoms with Crippen LogP contribution in [0.5, 0.6) is 5.75 Å². The Kier molecular flexibility index (Phi) is 4.85. The van der Waals surface area contributed by atoms with Crippen LogP contribution in [-0.4, -0.2) is 16.9 Å². The number of rotatable bonds is 5. The number of aromatic nitrogens is 2. The van der Waals surface area contributed by atoms with E-state index in [1.165, 1.54) is 13.2 Å². The van der Waals surface area contributed by atoms with Crippen LogP contribution in [-0.2, 0) is 13.0 Å². The number of hydrogen-bond acceptors (Lipinski definition) is 3. The molecule has 0 aliphatic carbocycles. The number of ether oxygens (including phenoxy) is 1. The highest BCUT2D eigenvalue weighted by Crippen LogP contribution is 2.27. The number of benzene rings is 1. The molecule has 1 aromatic heterocycles. The van der Waals surface area contributed by atoms with Crippen molar-refractivity contribution in [3.63, 3.8) is 0 Å². The van der Waals surface area contributed by atoms with Crippen molar-refractivity contribution < 1.29 is 9.13 Å². The molecule has 0 radical (unpaired) electrons. The molecule has 2 N–H and O–H groups in total. The van der Waals surface area contributed by atoms with Gasteiger partial charge in [0.1, 0.15) is 0 Å². The second-order valence-electron chi connectivity index (χ2n) is 4.87. The first-order chi connectivity index (χ1) is 9.97. The molecule has 0 bridgehead atoms. The van der Waals surface area contributed by atoms with Crippen LogP contribution in [0.15, 0.2) is 18.2 Å². The minimum Gasteiger partial charge on any atom is -0.494 e. The Bertz CT molecular complexity index is 642. The van der Waals surface area contributed by atoms with Gasteiger partial charge in [-0.2, -0.15) is 5.10 Å². The number of hydrogen-bond donors (Lipinski definition) is 1. The first-order valence-corrected chi connectivity index (χ1v) is 7.16. The summed E-state index contributed by atoms with van der Waals surface area (Å²) in [5, 5.41) is 5.01. The highest BCUT2D eigenvalue weighted by atomic mass is 35.5. The summed E-state index contributed by atoms with van der Waals surface area (Å²) in [6.07, 6.45) is 0.530. The largest absolute Gasteiger partial charge is 0.494 e. The minimum atomic E-state index is -0.402. The van der Waals surface area contributed by atoms with Gasteiger partial charge in [0.05, 0.1) is 23.5 Å². The van der Waals surface area contributed by atoms with Gasteiger partial charge in [-0.25, -0.2) is 4.39 Å².